The van der Waals surface area contributed by atoms with Crippen LogP contribution in [0.15, 0.2) is 18.2 Å². The number of hydrogen-bond donors (Lipinski definition) is 1. The Kier molecular flexibility index (Phi) is 5.48. The number of thiophene rings is 1. The third kappa shape index (κ3) is 3.35. The third-order valence-electron chi connectivity index (χ3n) is 3.10. The summed E-state index contributed by atoms with van der Waals surface area (Å²) in [5.74, 6) is -0.181. The molecule has 20 heavy (non-hydrogen) atoms. The van der Waals surface area contributed by atoms with Crippen molar-refractivity contribution in [2.75, 3.05) is 20.8 Å². The number of nitrogens with one attached hydrogen (secondary N) is 1. The van der Waals surface area contributed by atoms with Crippen molar-refractivity contribution in [3.63, 3.8) is 0 Å². The minimum Gasteiger partial charge on any atom is -0.382 e. The van der Waals surface area contributed by atoms with Gasteiger partial charge >= 0.3 is 0 Å². The summed E-state index contributed by atoms with van der Waals surface area (Å²) in [6.07, 6.45) is -0.0100. The van der Waals surface area contributed by atoms with Crippen molar-refractivity contribution in [3.05, 3.63) is 34.5 Å². The van der Waals surface area contributed by atoms with Crippen LogP contribution in [0, 0.1) is 5.82 Å². The summed E-state index contributed by atoms with van der Waals surface area (Å²) >= 11 is 1.61. The standard InChI is InChI=1S/C15H20FNO2S/c1-10(8-18-3)19-9-11-14(7-17-2)20-13-6-4-5-12(16)15(11)13/h4-6,10,17H,7-9H2,1-3H3. The van der Waals surface area contributed by atoms with Gasteiger partial charge in [0.15, 0.2) is 0 Å². The van der Waals surface area contributed by atoms with Crippen LogP contribution in [-0.2, 0) is 22.6 Å². The molecule has 1 atom stereocenters. The lowest BCUT2D eigenvalue weighted by molar-refractivity contribution is 0.000126. The molecular weight excluding hydrogens is 277 g/mol. The van der Waals surface area contributed by atoms with E-state index in [1.165, 1.54) is 6.07 Å². The molecule has 0 aliphatic heterocycles. The van der Waals surface area contributed by atoms with Crippen LogP contribution in [0.2, 0.25) is 0 Å². The Balaban J connectivity index is 2.30. The Morgan fingerprint density at radius 3 is 2.90 bits per heavy atom. The van der Waals surface area contributed by atoms with Crippen LogP contribution in [0.25, 0.3) is 10.1 Å². The van der Waals surface area contributed by atoms with Crippen LogP contribution in [0.5, 0.6) is 0 Å². The third-order valence-corrected chi connectivity index (χ3v) is 4.30. The highest BCUT2D eigenvalue weighted by Gasteiger charge is 2.16. The summed E-state index contributed by atoms with van der Waals surface area (Å²) in [4.78, 5) is 1.12. The van der Waals surface area contributed by atoms with Crippen LogP contribution in [0.1, 0.15) is 17.4 Å². The van der Waals surface area contributed by atoms with Gasteiger partial charge in [-0.3, -0.25) is 0 Å². The largest absolute Gasteiger partial charge is 0.382 e. The van der Waals surface area contributed by atoms with E-state index in [2.05, 4.69) is 5.32 Å². The van der Waals surface area contributed by atoms with Crippen LogP contribution in [0.3, 0.4) is 0 Å². The molecule has 0 saturated heterocycles. The Morgan fingerprint density at radius 2 is 2.20 bits per heavy atom. The number of rotatable bonds is 7. The fourth-order valence-electron chi connectivity index (χ4n) is 2.18. The molecule has 0 amide bonds. The first-order chi connectivity index (χ1) is 9.67. The molecule has 110 valence electrons. The normalized spacial score (nSPS) is 13.0. The van der Waals surface area contributed by atoms with E-state index < -0.39 is 0 Å². The van der Waals surface area contributed by atoms with Gasteiger partial charge in [-0.1, -0.05) is 6.07 Å². The van der Waals surface area contributed by atoms with Crippen molar-refractivity contribution in [2.45, 2.75) is 26.2 Å². The molecule has 0 aliphatic rings. The van der Waals surface area contributed by atoms with Gasteiger partial charge in [0.1, 0.15) is 5.82 Å². The minimum absolute atomic E-state index is 0.0100. The van der Waals surface area contributed by atoms with Gasteiger partial charge in [-0.25, -0.2) is 4.39 Å². The van der Waals surface area contributed by atoms with E-state index >= 15 is 0 Å². The summed E-state index contributed by atoms with van der Waals surface area (Å²) < 4.78 is 25.9. The second kappa shape index (κ2) is 7.13. The zero-order chi connectivity index (χ0) is 14.5. The maximum absolute atomic E-state index is 14.1. The number of benzene rings is 1. The van der Waals surface area contributed by atoms with E-state index in [9.17, 15) is 4.39 Å². The Bertz CT molecular complexity index is 570. The zero-order valence-electron chi connectivity index (χ0n) is 12.0. The number of hydrogen-bond acceptors (Lipinski definition) is 4. The quantitative estimate of drug-likeness (QED) is 0.850. The molecule has 1 heterocycles. The topological polar surface area (TPSA) is 30.5 Å². The van der Waals surface area contributed by atoms with Crippen molar-refractivity contribution >= 4 is 21.4 Å². The van der Waals surface area contributed by atoms with Gasteiger partial charge in [0, 0.05) is 34.2 Å². The summed E-state index contributed by atoms with van der Waals surface area (Å²) in [7, 11) is 3.53. The summed E-state index contributed by atoms with van der Waals surface area (Å²) in [5, 5.41) is 3.81. The van der Waals surface area contributed by atoms with Gasteiger partial charge in [-0.15, -0.1) is 11.3 Å². The van der Waals surface area contributed by atoms with Crippen LogP contribution in [0.4, 0.5) is 4.39 Å². The average Bonchev–Trinajstić information content (AvgIpc) is 2.76. The van der Waals surface area contributed by atoms with Gasteiger partial charge in [-0.05, 0) is 26.1 Å². The molecule has 2 aromatic rings. The Labute approximate surface area is 122 Å². The van der Waals surface area contributed by atoms with Gasteiger partial charge in [0.25, 0.3) is 0 Å². The number of ether oxygens (including phenoxy) is 2. The van der Waals surface area contributed by atoms with Crippen molar-refractivity contribution in [1.82, 2.24) is 5.32 Å². The monoisotopic (exact) mass is 297 g/mol. The lowest BCUT2D eigenvalue weighted by Gasteiger charge is -2.13. The molecular formula is C15H20FNO2S. The summed E-state index contributed by atoms with van der Waals surface area (Å²) in [6, 6.07) is 5.19. The molecule has 1 aromatic heterocycles. The van der Waals surface area contributed by atoms with E-state index in [-0.39, 0.29) is 11.9 Å². The van der Waals surface area contributed by atoms with Crippen molar-refractivity contribution in [3.8, 4) is 0 Å². The second-order valence-electron chi connectivity index (χ2n) is 4.72. The van der Waals surface area contributed by atoms with Crippen LogP contribution < -0.4 is 5.32 Å². The van der Waals surface area contributed by atoms with Gasteiger partial charge in [-0.2, -0.15) is 0 Å². The maximum atomic E-state index is 14.1. The fraction of sp³-hybridized carbons (Fsp3) is 0.467. The zero-order valence-corrected chi connectivity index (χ0v) is 12.8. The second-order valence-corrected chi connectivity index (χ2v) is 5.86. The fourth-order valence-corrected chi connectivity index (χ4v) is 3.42. The predicted octanol–water partition coefficient (Wildman–Crippen LogP) is 3.31. The Morgan fingerprint density at radius 1 is 1.40 bits per heavy atom. The molecule has 1 unspecified atom stereocenters. The van der Waals surface area contributed by atoms with E-state index in [4.69, 9.17) is 9.47 Å². The first kappa shape index (κ1) is 15.4. The van der Waals surface area contributed by atoms with E-state index in [1.54, 1.807) is 24.5 Å². The SMILES string of the molecule is CNCc1sc2cccc(F)c2c1COC(C)COC. The van der Waals surface area contributed by atoms with E-state index in [0.29, 0.717) is 18.6 Å². The van der Waals surface area contributed by atoms with Crippen molar-refractivity contribution in [2.24, 2.45) is 0 Å². The molecule has 1 aromatic carbocycles. The van der Waals surface area contributed by atoms with Crippen LogP contribution in [-0.4, -0.2) is 26.9 Å². The molecule has 1 N–H and O–H groups in total. The highest BCUT2D eigenvalue weighted by molar-refractivity contribution is 7.19. The highest BCUT2D eigenvalue weighted by Crippen LogP contribution is 2.33. The molecule has 5 heteroatoms. The molecule has 0 radical (unpaired) electrons. The number of fused-ring (bicyclic) bond motifs is 1. The first-order valence-corrected chi connectivity index (χ1v) is 7.43. The molecule has 3 nitrogen and oxygen atoms in total. The first-order valence-electron chi connectivity index (χ1n) is 6.61. The molecule has 0 bridgehead atoms. The maximum Gasteiger partial charge on any atom is 0.132 e. The molecule has 0 saturated carbocycles. The molecule has 0 spiro atoms. The summed E-state index contributed by atoms with van der Waals surface area (Å²) in [6.45, 7) is 3.61. The van der Waals surface area contributed by atoms with Crippen molar-refractivity contribution < 1.29 is 13.9 Å². The average molecular weight is 297 g/mol. The van der Waals surface area contributed by atoms with Gasteiger partial charge in [0.2, 0.25) is 0 Å². The molecule has 0 fully saturated rings. The molecule has 0 aliphatic carbocycles. The summed E-state index contributed by atoms with van der Waals surface area (Å²) in [5.41, 5.74) is 0.945. The van der Waals surface area contributed by atoms with E-state index in [0.717, 1.165) is 21.7 Å². The lowest BCUT2D eigenvalue weighted by atomic mass is 10.1. The number of methoxy groups -OCH3 is 1. The minimum atomic E-state index is -0.181. The Hall–Kier alpha value is -1.01. The number of halogens is 1. The lowest BCUT2D eigenvalue weighted by Crippen LogP contribution is -2.15. The predicted molar refractivity (Wildman–Crippen MR) is 80.7 cm³/mol. The van der Waals surface area contributed by atoms with Gasteiger partial charge in [0.05, 0.1) is 19.3 Å². The highest BCUT2D eigenvalue weighted by atomic mass is 32.1. The molecule has 2 rings (SSSR count). The van der Waals surface area contributed by atoms with Crippen molar-refractivity contribution in [1.29, 1.82) is 0 Å². The van der Waals surface area contributed by atoms with Crippen LogP contribution >= 0.6 is 11.3 Å². The van der Waals surface area contributed by atoms with Gasteiger partial charge < -0.3 is 14.8 Å². The smallest absolute Gasteiger partial charge is 0.132 e. The van der Waals surface area contributed by atoms with E-state index in [1.807, 2.05) is 20.0 Å².